The number of para-hydroxylation sites is 1. The average molecular weight is 261 g/mol. The van der Waals surface area contributed by atoms with Crippen molar-refractivity contribution in [3.63, 3.8) is 0 Å². The Labute approximate surface area is 89.6 Å². The molecule has 5 heteroatoms. The topological polar surface area (TPSA) is 55.1 Å². The van der Waals surface area contributed by atoms with Gasteiger partial charge >= 0.3 is 0 Å². The Morgan fingerprint density at radius 1 is 1.64 bits per heavy atom. The van der Waals surface area contributed by atoms with E-state index < -0.39 is 17.8 Å². The number of nitrogens with two attached hydrogens (primary N) is 1. The molecule has 0 aliphatic heterocycles. The van der Waals surface area contributed by atoms with Gasteiger partial charge in [-0.25, -0.2) is 4.39 Å². The zero-order chi connectivity index (χ0) is 10.7. The Morgan fingerprint density at radius 2 is 2.29 bits per heavy atom. The van der Waals surface area contributed by atoms with Crippen molar-refractivity contribution in [2.24, 2.45) is 5.73 Å². The summed E-state index contributed by atoms with van der Waals surface area (Å²) in [5.74, 6) is -0.951. The summed E-state index contributed by atoms with van der Waals surface area (Å²) in [6, 6.07) is 3.95. The van der Waals surface area contributed by atoms with E-state index in [-0.39, 0.29) is 5.69 Å². The number of benzene rings is 1. The molecular weight excluding hydrogens is 251 g/mol. The fourth-order valence-electron chi connectivity index (χ4n) is 0.923. The van der Waals surface area contributed by atoms with Gasteiger partial charge in [0, 0.05) is 4.47 Å². The number of hydrogen-bond acceptors (Lipinski definition) is 2. The van der Waals surface area contributed by atoms with Gasteiger partial charge in [-0.1, -0.05) is 6.07 Å². The fraction of sp³-hybridized carbons (Fsp3) is 0.222. The minimum absolute atomic E-state index is 0.249. The second-order valence-corrected chi connectivity index (χ2v) is 3.72. The summed E-state index contributed by atoms with van der Waals surface area (Å²) in [7, 11) is 0. The second kappa shape index (κ2) is 4.41. The van der Waals surface area contributed by atoms with Gasteiger partial charge in [0.2, 0.25) is 5.91 Å². The first-order valence-corrected chi connectivity index (χ1v) is 4.81. The zero-order valence-corrected chi connectivity index (χ0v) is 9.14. The van der Waals surface area contributed by atoms with Crippen molar-refractivity contribution in [1.82, 2.24) is 0 Å². The van der Waals surface area contributed by atoms with Gasteiger partial charge in [-0.05, 0) is 35.0 Å². The Morgan fingerprint density at radius 3 is 2.79 bits per heavy atom. The summed E-state index contributed by atoms with van der Waals surface area (Å²) in [5, 5.41) is 2.68. The summed E-state index contributed by atoms with van der Waals surface area (Å²) >= 11 is 3.17. The number of carbonyl (C=O) groups excluding carboxylic acids is 1. The Kier molecular flexibility index (Phi) is 3.46. The molecule has 0 saturated carbocycles. The first-order valence-electron chi connectivity index (χ1n) is 4.02. The lowest BCUT2D eigenvalue weighted by Crippen LogP contribution is -2.32. The molecule has 0 bridgehead atoms. The minimum atomic E-state index is -0.608. The maximum Gasteiger partial charge on any atom is 0.239 e. The number of amides is 1. The first kappa shape index (κ1) is 11.0. The van der Waals surface area contributed by atoms with Crippen LogP contribution in [-0.2, 0) is 4.79 Å². The lowest BCUT2D eigenvalue weighted by Gasteiger charge is -2.13. The molecule has 0 fully saturated rings. The summed E-state index contributed by atoms with van der Waals surface area (Å²) in [5.41, 5.74) is 5.29. The molecule has 1 rings (SSSR count). The van der Waals surface area contributed by atoms with Gasteiger partial charge in [-0.3, -0.25) is 4.79 Å². The monoisotopic (exact) mass is 260 g/mol. The molecule has 14 heavy (non-hydrogen) atoms. The van der Waals surface area contributed by atoms with Crippen molar-refractivity contribution < 1.29 is 9.18 Å². The van der Waals surface area contributed by atoms with Crippen molar-refractivity contribution in [3.05, 3.63) is 28.5 Å². The molecule has 0 aromatic heterocycles. The van der Waals surface area contributed by atoms with E-state index in [9.17, 15) is 9.18 Å². The van der Waals surface area contributed by atoms with Gasteiger partial charge in [-0.15, -0.1) is 0 Å². The molecule has 0 aliphatic rings. The van der Waals surface area contributed by atoms with E-state index in [0.717, 1.165) is 0 Å². The van der Waals surface area contributed by atoms with Gasteiger partial charge in [0.25, 0.3) is 0 Å². The van der Waals surface area contributed by atoms with E-state index in [4.69, 9.17) is 5.73 Å². The lowest BCUT2D eigenvalue weighted by atomic mass is 10.2. The summed E-state index contributed by atoms with van der Waals surface area (Å²) in [4.78, 5) is 10.7. The first-order chi connectivity index (χ1) is 6.52. The van der Waals surface area contributed by atoms with Crippen LogP contribution in [0.1, 0.15) is 6.92 Å². The number of primary amides is 1. The second-order valence-electron chi connectivity index (χ2n) is 2.87. The van der Waals surface area contributed by atoms with Crippen molar-refractivity contribution >= 4 is 27.5 Å². The number of rotatable bonds is 3. The largest absolute Gasteiger partial charge is 0.371 e. The third kappa shape index (κ3) is 2.45. The van der Waals surface area contributed by atoms with Gasteiger partial charge in [0.15, 0.2) is 0 Å². The molecule has 3 N–H and O–H groups in total. The third-order valence-electron chi connectivity index (χ3n) is 1.75. The molecule has 1 amide bonds. The van der Waals surface area contributed by atoms with Gasteiger partial charge in [-0.2, -0.15) is 0 Å². The highest BCUT2D eigenvalue weighted by molar-refractivity contribution is 9.10. The maximum atomic E-state index is 13.2. The van der Waals surface area contributed by atoms with Crippen molar-refractivity contribution in [1.29, 1.82) is 0 Å². The van der Waals surface area contributed by atoms with E-state index in [1.165, 1.54) is 6.07 Å². The Bertz CT molecular complexity index is 336. The molecule has 1 aromatic rings. The molecule has 3 nitrogen and oxygen atoms in total. The van der Waals surface area contributed by atoms with Crippen molar-refractivity contribution in [2.75, 3.05) is 5.32 Å². The van der Waals surface area contributed by atoms with E-state index in [1.807, 2.05) is 0 Å². The van der Waals surface area contributed by atoms with Crippen LogP contribution >= 0.6 is 15.9 Å². The van der Waals surface area contributed by atoms with Crippen LogP contribution in [0.4, 0.5) is 10.1 Å². The predicted octanol–water partition coefficient (Wildman–Crippen LogP) is 1.87. The SMILES string of the molecule is CC(Nc1c(F)cccc1Br)C(N)=O. The Hall–Kier alpha value is -1.10. The predicted molar refractivity (Wildman–Crippen MR) is 56.4 cm³/mol. The average Bonchev–Trinajstić information content (AvgIpc) is 2.11. The van der Waals surface area contributed by atoms with Crippen molar-refractivity contribution in [2.45, 2.75) is 13.0 Å². The molecule has 0 saturated heterocycles. The minimum Gasteiger partial charge on any atom is -0.371 e. The number of hydrogen-bond donors (Lipinski definition) is 2. The molecule has 76 valence electrons. The molecule has 0 radical (unpaired) electrons. The highest BCUT2D eigenvalue weighted by atomic mass is 79.9. The van der Waals surface area contributed by atoms with Crippen LogP contribution < -0.4 is 11.1 Å². The molecule has 0 aliphatic carbocycles. The number of carbonyl (C=O) groups is 1. The van der Waals surface area contributed by atoms with Gasteiger partial charge in [0.1, 0.15) is 11.9 Å². The van der Waals surface area contributed by atoms with E-state index >= 15 is 0 Å². The summed E-state index contributed by atoms with van der Waals surface area (Å²) < 4.78 is 13.8. The summed E-state index contributed by atoms with van der Waals surface area (Å²) in [6.45, 7) is 1.57. The normalized spacial score (nSPS) is 12.2. The van der Waals surface area contributed by atoms with E-state index in [0.29, 0.717) is 4.47 Å². The molecule has 1 unspecified atom stereocenters. The zero-order valence-electron chi connectivity index (χ0n) is 7.55. The quantitative estimate of drug-likeness (QED) is 0.872. The Balaban J connectivity index is 2.91. The standard InChI is InChI=1S/C9H10BrFN2O/c1-5(9(12)14)13-8-6(10)3-2-4-7(8)11/h2-5,13H,1H3,(H2,12,14). The van der Waals surface area contributed by atoms with Crippen LogP contribution in [0.15, 0.2) is 22.7 Å². The number of nitrogens with one attached hydrogen (secondary N) is 1. The molecule has 0 heterocycles. The van der Waals surface area contributed by atoms with Crippen LogP contribution in [0.25, 0.3) is 0 Å². The van der Waals surface area contributed by atoms with E-state index in [1.54, 1.807) is 19.1 Å². The number of anilines is 1. The van der Waals surface area contributed by atoms with Crippen LogP contribution in [0.2, 0.25) is 0 Å². The van der Waals surface area contributed by atoms with Gasteiger partial charge in [0.05, 0.1) is 5.69 Å². The number of halogens is 2. The molecule has 1 aromatic carbocycles. The highest BCUT2D eigenvalue weighted by Crippen LogP contribution is 2.25. The van der Waals surface area contributed by atoms with Crippen molar-refractivity contribution in [3.8, 4) is 0 Å². The van der Waals surface area contributed by atoms with E-state index in [2.05, 4.69) is 21.2 Å². The van der Waals surface area contributed by atoms with Crippen LogP contribution in [0.3, 0.4) is 0 Å². The lowest BCUT2D eigenvalue weighted by molar-refractivity contribution is -0.118. The molecule has 1 atom stereocenters. The van der Waals surface area contributed by atoms with Crippen LogP contribution in [-0.4, -0.2) is 11.9 Å². The third-order valence-corrected chi connectivity index (χ3v) is 2.41. The molecule has 0 spiro atoms. The highest BCUT2D eigenvalue weighted by Gasteiger charge is 2.12. The maximum absolute atomic E-state index is 13.2. The van der Waals surface area contributed by atoms with Gasteiger partial charge < -0.3 is 11.1 Å². The van der Waals surface area contributed by atoms with Crippen LogP contribution in [0, 0.1) is 5.82 Å². The summed E-state index contributed by atoms with van der Waals surface area (Å²) in [6.07, 6.45) is 0. The fourth-order valence-corrected chi connectivity index (χ4v) is 1.38. The smallest absolute Gasteiger partial charge is 0.239 e. The molecular formula is C9H10BrFN2O. The van der Waals surface area contributed by atoms with Crippen LogP contribution in [0.5, 0.6) is 0 Å².